The van der Waals surface area contributed by atoms with Crippen molar-refractivity contribution in [3.05, 3.63) is 29.3 Å². The summed E-state index contributed by atoms with van der Waals surface area (Å²) in [5.74, 6) is -0.256. The van der Waals surface area contributed by atoms with Crippen LogP contribution in [0.3, 0.4) is 0 Å². The average molecular weight is 306 g/mol. The highest BCUT2D eigenvalue weighted by molar-refractivity contribution is 8.13. The van der Waals surface area contributed by atoms with Crippen molar-refractivity contribution in [2.45, 2.75) is 18.4 Å². The van der Waals surface area contributed by atoms with Crippen molar-refractivity contribution >= 4 is 25.6 Å². The molecule has 1 rings (SSSR count). The van der Waals surface area contributed by atoms with Crippen molar-refractivity contribution in [2.75, 3.05) is 20.7 Å². The van der Waals surface area contributed by atoms with Gasteiger partial charge in [0.15, 0.2) is 0 Å². The van der Waals surface area contributed by atoms with E-state index in [-0.39, 0.29) is 23.0 Å². The third-order valence-corrected chi connectivity index (χ3v) is 4.10. The van der Waals surface area contributed by atoms with Gasteiger partial charge in [-0.1, -0.05) is 6.07 Å². The number of halogens is 1. The number of carbonyl (C=O) groups excluding carboxylic acids is 1. The van der Waals surface area contributed by atoms with E-state index in [1.54, 1.807) is 13.1 Å². The molecule has 0 bridgehead atoms. The summed E-state index contributed by atoms with van der Waals surface area (Å²) >= 11 is 0. The normalized spacial score (nSPS) is 11.4. The van der Waals surface area contributed by atoms with Crippen LogP contribution in [0.2, 0.25) is 0 Å². The van der Waals surface area contributed by atoms with Gasteiger partial charge in [0.25, 0.3) is 15.0 Å². The minimum Gasteiger partial charge on any atom is -0.380 e. The lowest BCUT2D eigenvalue weighted by Gasteiger charge is -2.15. The molecule has 0 N–H and O–H groups in total. The van der Waals surface area contributed by atoms with Crippen molar-refractivity contribution in [3.63, 3.8) is 0 Å². The fourth-order valence-electron chi connectivity index (χ4n) is 1.55. The van der Waals surface area contributed by atoms with Crippen molar-refractivity contribution < 1.29 is 17.9 Å². The van der Waals surface area contributed by atoms with Crippen LogP contribution in [0, 0.1) is 0 Å². The monoisotopic (exact) mass is 305 g/mol. The number of nitrogens with zero attached hydrogens (tertiary/aromatic N) is 1. The van der Waals surface area contributed by atoms with Gasteiger partial charge in [-0.05, 0) is 24.6 Å². The van der Waals surface area contributed by atoms with E-state index >= 15 is 0 Å². The van der Waals surface area contributed by atoms with Crippen molar-refractivity contribution in [3.8, 4) is 0 Å². The van der Waals surface area contributed by atoms with Crippen molar-refractivity contribution in [1.29, 1.82) is 0 Å². The molecular weight excluding hydrogens is 290 g/mol. The SMILES string of the molecule is CCN(C)C(=O)c1ccc(COC)c(S(=O)(=O)Cl)c1. The van der Waals surface area contributed by atoms with E-state index in [1.807, 2.05) is 6.92 Å². The largest absolute Gasteiger partial charge is 0.380 e. The number of benzene rings is 1. The van der Waals surface area contributed by atoms with Crippen LogP contribution in [0.15, 0.2) is 23.1 Å². The molecule has 0 aliphatic heterocycles. The second kappa shape index (κ2) is 6.36. The molecule has 0 heterocycles. The summed E-state index contributed by atoms with van der Waals surface area (Å²) in [6.07, 6.45) is 0. The van der Waals surface area contributed by atoms with Gasteiger partial charge in [0.1, 0.15) is 0 Å². The Kier molecular flexibility index (Phi) is 5.34. The summed E-state index contributed by atoms with van der Waals surface area (Å²) in [6, 6.07) is 4.38. The molecule has 5 nitrogen and oxygen atoms in total. The van der Waals surface area contributed by atoms with Gasteiger partial charge in [0.05, 0.1) is 11.5 Å². The molecule has 19 heavy (non-hydrogen) atoms. The zero-order valence-corrected chi connectivity index (χ0v) is 12.6. The Morgan fingerprint density at radius 2 is 2.05 bits per heavy atom. The minimum absolute atomic E-state index is 0.0913. The van der Waals surface area contributed by atoms with Crippen LogP contribution in [-0.4, -0.2) is 39.9 Å². The second-order valence-electron chi connectivity index (χ2n) is 4.01. The Labute approximate surface area is 117 Å². The molecule has 1 amide bonds. The van der Waals surface area contributed by atoms with Gasteiger partial charge in [-0.3, -0.25) is 4.79 Å². The lowest BCUT2D eigenvalue weighted by molar-refractivity contribution is 0.0802. The van der Waals surface area contributed by atoms with Crippen LogP contribution < -0.4 is 0 Å². The Balaban J connectivity index is 3.30. The fourth-order valence-corrected chi connectivity index (χ4v) is 2.69. The molecule has 0 unspecified atom stereocenters. The van der Waals surface area contributed by atoms with Crippen LogP contribution in [0.4, 0.5) is 0 Å². The highest BCUT2D eigenvalue weighted by Gasteiger charge is 2.19. The van der Waals surface area contributed by atoms with Gasteiger partial charge in [-0.2, -0.15) is 0 Å². The molecule has 7 heteroatoms. The van der Waals surface area contributed by atoms with Crippen LogP contribution in [0.1, 0.15) is 22.8 Å². The summed E-state index contributed by atoms with van der Waals surface area (Å²) < 4.78 is 28.0. The molecule has 0 aromatic heterocycles. The number of hydrogen-bond acceptors (Lipinski definition) is 4. The van der Waals surface area contributed by atoms with Gasteiger partial charge >= 0.3 is 0 Å². The number of rotatable bonds is 5. The Bertz CT molecular complexity index is 571. The molecule has 1 aromatic rings. The molecule has 106 valence electrons. The molecule has 0 radical (unpaired) electrons. The number of ether oxygens (including phenoxy) is 1. The van der Waals surface area contributed by atoms with Gasteiger partial charge in [-0.25, -0.2) is 8.42 Å². The van der Waals surface area contributed by atoms with Crippen LogP contribution >= 0.6 is 10.7 Å². The predicted molar refractivity (Wildman–Crippen MR) is 72.8 cm³/mol. The van der Waals surface area contributed by atoms with Gasteiger partial charge in [0.2, 0.25) is 0 Å². The molecule has 0 aliphatic carbocycles. The minimum atomic E-state index is -3.92. The summed E-state index contributed by atoms with van der Waals surface area (Å²) in [6.45, 7) is 2.47. The third-order valence-electron chi connectivity index (χ3n) is 2.70. The molecule has 0 saturated carbocycles. The summed E-state index contributed by atoms with van der Waals surface area (Å²) in [5.41, 5.74) is 0.705. The van der Waals surface area contributed by atoms with Gasteiger partial charge < -0.3 is 9.64 Å². The standard InChI is InChI=1S/C12H16ClNO4S/c1-4-14(2)12(15)9-5-6-10(8-18-3)11(7-9)19(13,16)17/h5-7H,4,8H2,1-3H3. The molecule has 0 atom stereocenters. The van der Waals surface area contributed by atoms with Crippen LogP contribution in [0.5, 0.6) is 0 Å². The number of hydrogen-bond donors (Lipinski definition) is 0. The second-order valence-corrected chi connectivity index (χ2v) is 6.55. The Morgan fingerprint density at radius 1 is 1.42 bits per heavy atom. The number of methoxy groups -OCH3 is 1. The molecule has 0 aliphatic rings. The van der Waals surface area contributed by atoms with Gasteiger partial charge in [0, 0.05) is 36.9 Å². The number of carbonyl (C=O) groups is 1. The predicted octanol–water partition coefficient (Wildman–Crippen LogP) is 1.85. The van der Waals surface area contributed by atoms with Crippen LogP contribution in [0.25, 0.3) is 0 Å². The highest BCUT2D eigenvalue weighted by atomic mass is 35.7. The van der Waals surface area contributed by atoms with E-state index < -0.39 is 9.05 Å². The maximum atomic E-state index is 12.0. The summed E-state index contributed by atoms with van der Waals surface area (Å²) in [5, 5.41) is 0. The maximum Gasteiger partial charge on any atom is 0.261 e. The molecule has 0 fully saturated rings. The summed E-state index contributed by atoms with van der Waals surface area (Å²) in [7, 11) is 4.55. The lowest BCUT2D eigenvalue weighted by Crippen LogP contribution is -2.26. The topological polar surface area (TPSA) is 63.7 Å². The van der Waals surface area contributed by atoms with Crippen molar-refractivity contribution in [1.82, 2.24) is 4.90 Å². The zero-order chi connectivity index (χ0) is 14.6. The molecular formula is C12H16ClNO4S. The highest BCUT2D eigenvalue weighted by Crippen LogP contribution is 2.23. The molecule has 0 saturated heterocycles. The van der Waals surface area contributed by atoms with E-state index in [1.165, 1.54) is 24.1 Å². The van der Waals surface area contributed by atoms with E-state index in [4.69, 9.17) is 15.4 Å². The third kappa shape index (κ3) is 3.92. The molecule has 0 spiro atoms. The quantitative estimate of drug-likeness (QED) is 0.779. The summed E-state index contributed by atoms with van der Waals surface area (Å²) in [4.78, 5) is 13.4. The lowest BCUT2D eigenvalue weighted by atomic mass is 10.1. The Morgan fingerprint density at radius 3 is 2.53 bits per heavy atom. The van der Waals surface area contributed by atoms with E-state index in [0.717, 1.165) is 0 Å². The smallest absolute Gasteiger partial charge is 0.261 e. The molecule has 1 aromatic carbocycles. The van der Waals surface area contributed by atoms with Gasteiger partial charge in [-0.15, -0.1) is 0 Å². The van der Waals surface area contributed by atoms with Crippen molar-refractivity contribution in [2.24, 2.45) is 0 Å². The first-order chi connectivity index (χ1) is 8.81. The first kappa shape index (κ1) is 15.9. The Hall–Kier alpha value is -1.11. The zero-order valence-electron chi connectivity index (χ0n) is 11.0. The van der Waals surface area contributed by atoms with E-state index in [9.17, 15) is 13.2 Å². The maximum absolute atomic E-state index is 12.0. The first-order valence-corrected chi connectivity index (χ1v) is 7.94. The fraction of sp³-hybridized carbons (Fsp3) is 0.417. The number of amides is 1. The van der Waals surface area contributed by atoms with Crippen LogP contribution in [-0.2, 0) is 20.4 Å². The van der Waals surface area contributed by atoms with E-state index in [2.05, 4.69) is 0 Å². The average Bonchev–Trinajstić information content (AvgIpc) is 2.36. The first-order valence-electron chi connectivity index (χ1n) is 5.63. The van der Waals surface area contributed by atoms with E-state index in [0.29, 0.717) is 12.1 Å².